The van der Waals surface area contributed by atoms with Gasteiger partial charge in [0.2, 0.25) is 0 Å². The molecule has 0 saturated carbocycles. The second kappa shape index (κ2) is 6.87. The molecule has 1 heterocycles. The monoisotopic (exact) mass is 336 g/mol. The molecule has 0 fully saturated rings. The summed E-state index contributed by atoms with van der Waals surface area (Å²) in [5, 5.41) is 12.7. The van der Waals surface area contributed by atoms with E-state index in [4.69, 9.17) is 33.2 Å². The normalized spacial score (nSPS) is 13.8. The zero-order valence-electron chi connectivity index (χ0n) is 12.1. The summed E-state index contributed by atoms with van der Waals surface area (Å²) in [4.78, 5) is 11.9. The molecule has 22 heavy (non-hydrogen) atoms. The Bertz CT molecular complexity index is 716. The van der Waals surface area contributed by atoms with E-state index in [-0.39, 0.29) is 18.2 Å². The molecule has 1 aromatic carbocycles. The number of carbonyl (C=O) groups excluding carboxylic acids is 1. The zero-order valence-corrected chi connectivity index (χ0v) is 13.6. The van der Waals surface area contributed by atoms with Crippen molar-refractivity contribution >= 4 is 35.2 Å². The SMILES string of the molecule is CC(C)NC(=O)/C(C#N)=C\C1=Cc2cc(Cl)cc(Cl)c2OC1. The highest BCUT2D eigenvalue weighted by Gasteiger charge is 2.17. The first kappa shape index (κ1) is 16.4. The molecule has 114 valence electrons. The number of ether oxygens (including phenoxy) is 1. The molecule has 2 rings (SSSR count). The largest absolute Gasteiger partial charge is 0.487 e. The van der Waals surface area contributed by atoms with E-state index in [0.717, 1.165) is 5.56 Å². The number of amides is 1. The summed E-state index contributed by atoms with van der Waals surface area (Å²) in [7, 11) is 0. The molecule has 4 nitrogen and oxygen atoms in total. The van der Waals surface area contributed by atoms with Crippen LogP contribution in [0.5, 0.6) is 5.75 Å². The van der Waals surface area contributed by atoms with Gasteiger partial charge in [0, 0.05) is 16.6 Å². The van der Waals surface area contributed by atoms with E-state index in [1.54, 1.807) is 18.2 Å². The molecule has 1 aromatic rings. The average molecular weight is 337 g/mol. The van der Waals surface area contributed by atoms with E-state index < -0.39 is 5.91 Å². The predicted octanol–water partition coefficient (Wildman–Crippen LogP) is 3.74. The molecule has 0 saturated heterocycles. The number of rotatable bonds is 3. The van der Waals surface area contributed by atoms with Gasteiger partial charge in [-0.1, -0.05) is 23.2 Å². The van der Waals surface area contributed by atoms with Crippen molar-refractivity contribution in [2.24, 2.45) is 0 Å². The van der Waals surface area contributed by atoms with Crippen LogP contribution in [0.1, 0.15) is 19.4 Å². The summed E-state index contributed by atoms with van der Waals surface area (Å²) in [6.45, 7) is 3.89. The molecule has 6 heteroatoms. The van der Waals surface area contributed by atoms with Gasteiger partial charge in [0.15, 0.2) is 0 Å². The van der Waals surface area contributed by atoms with Gasteiger partial charge in [0.1, 0.15) is 24.0 Å². The van der Waals surface area contributed by atoms with Gasteiger partial charge in [0.25, 0.3) is 5.91 Å². The highest BCUT2D eigenvalue weighted by atomic mass is 35.5. The lowest BCUT2D eigenvalue weighted by Gasteiger charge is -2.18. The molecule has 0 unspecified atom stereocenters. The number of halogens is 2. The first-order valence-corrected chi connectivity index (χ1v) is 7.41. The van der Waals surface area contributed by atoms with Gasteiger partial charge in [-0.15, -0.1) is 0 Å². The van der Waals surface area contributed by atoms with Crippen LogP contribution < -0.4 is 10.1 Å². The van der Waals surface area contributed by atoms with Crippen molar-refractivity contribution in [3.05, 3.63) is 45.0 Å². The van der Waals surface area contributed by atoms with Crippen molar-refractivity contribution in [1.29, 1.82) is 5.26 Å². The van der Waals surface area contributed by atoms with E-state index >= 15 is 0 Å². The number of benzene rings is 1. The van der Waals surface area contributed by atoms with Crippen LogP contribution in [0.3, 0.4) is 0 Å². The van der Waals surface area contributed by atoms with E-state index in [2.05, 4.69) is 5.32 Å². The third-order valence-electron chi connectivity index (χ3n) is 2.88. The molecule has 0 atom stereocenters. The summed E-state index contributed by atoms with van der Waals surface area (Å²) < 4.78 is 5.58. The van der Waals surface area contributed by atoms with Crippen molar-refractivity contribution < 1.29 is 9.53 Å². The van der Waals surface area contributed by atoms with E-state index in [9.17, 15) is 4.79 Å². The number of fused-ring (bicyclic) bond motifs is 1. The predicted molar refractivity (Wildman–Crippen MR) is 86.9 cm³/mol. The smallest absolute Gasteiger partial charge is 0.262 e. The highest BCUT2D eigenvalue weighted by molar-refractivity contribution is 6.36. The third-order valence-corrected chi connectivity index (χ3v) is 3.37. The summed E-state index contributed by atoms with van der Waals surface area (Å²) in [5.74, 6) is 0.140. The van der Waals surface area contributed by atoms with Gasteiger partial charge in [-0.3, -0.25) is 4.79 Å². The van der Waals surface area contributed by atoms with Crippen LogP contribution in [0, 0.1) is 11.3 Å². The van der Waals surface area contributed by atoms with Crippen LogP contribution in [0.25, 0.3) is 6.08 Å². The lowest BCUT2D eigenvalue weighted by atomic mass is 10.0. The van der Waals surface area contributed by atoms with Gasteiger partial charge in [0.05, 0.1) is 5.02 Å². The Kier molecular flexibility index (Phi) is 5.12. The molecule has 1 N–H and O–H groups in total. The van der Waals surface area contributed by atoms with Gasteiger partial charge < -0.3 is 10.1 Å². The minimum absolute atomic E-state index is 0.0279. The van der Waals surface area contributed by atoms with Crippen molar-refractivity contribution in [2.45, 2.75) is 19.9 Å². The standard InChI is InChI=1S/C16H14Cl2N2O2/c1-9(2)20-16(21)12(7-19)4-10-3-11-5-13(17)6-14(18)15(11)22-8-10/h3-6,9H,8H2,1-2H3,(H,20,21)/b12-4-. The molecule has 0 aliphatic carbocycles. The van der Waals surface area contributed by atoms with E-state index in [1.807, 2.05) is 19.9 Å². The van der Waals surface area contributed by atoms with Crippen LogP contribution in [0.4, 0.5) is 0 Å². The molecule has 0 bridgehead atoms. The second-order valence-corrected chi connectivity index (χ2v) is 5.96. The van der Waals surface area contributed by atoms with Crippen LogP contribution in [-0.2, 0) is 4.79 Å². The van der Waals surface area contributed by atoms with Crippen LogP contribution in [0.15, 0.2) is 29.4 Å². The van der Waals surface area contributed by atoms with Gasteiger partial charge in [-0.25, -0.2) is 0 Å². The molecule has 1 aliphatic rings. The minimum atomic E-state index is -0.409. The van der Waals surface area contributed by atoms with Crippen LogP contribution in [-0.4, -0.2) is 18.6 Å². The average Bonchev–Trinajstić information content (AvgIpc) is 2.43. The van der Waals surface area contributed by atoms with E-state index in [0.29, 0.717) is 21.4 Å². The second-order valence-electron chi connectivity index (χ2n) is 5.11. The fraction of sp³-hybridized carbons (Fsp3) is 0.250. The maximum atomic E-state index is 11.9. The maximum absolute atomic E-state index is 11.9. The molecule has 0 spiro atoms. The molecular weight excluding hydrogens is 323 g/mol. The Morgan fingerprint density at radius 2 is 2.18 bits per heavy atom. The van der Waals surface area contributed by atoms with Crippen molar-refractivity contribution in [2.75, 3.05) is 6.61 Å². The van der Waals surface area contributed by atoms with Crippen molar-refractivity contribution in [1.82, 2.24) is 5.32 Å². The van der Waals surface area contributed by atoms with E-state index in [1.165, 1.54) is 6.08 Å². The molecule has 0 aromatic heterocycles. The number of nitrogens with zero attached hydrogens (tertiary/aromatic N) is 1. The number of hydrogen-bond acceptors (Lipinski definition) is 3. The third kappa shape index (κ3) is 3.82. The summed E-state index contributed by atoms with van der Waals surface area (Å²) in [5.41, 5.74) is 1.44. The van der Waals surface area contributed by atoms with Gasteiger partial charge in [-0.2, -0.15) is 5.26 Å². The van der Waals surface area contributed by atoms with Gasteiger partial charge in [-0.05, 0) is 43.7 Å². The highest BCUT2D eigenvalue weighted by Crippen LogP contribution is 2.36. The minimum Gasteiger partial charge on any atom is -0.487 e. The lowest BCUT2D eigenvalue weighted by molar-refractivity contribution is -0.117. The fourth-order valence-electron chi connectivity index (χ4n) is 1.99. The topological polar surface area (TPSA) is 62.1 Å². The number of carbonyl (C=O) groups is 1. The molecular formula is C16H14Cl2N2O2. The zero-order chi connectivity index (χ0) is 16.3. The molecule has 1 aliphatic heterocycles. The Morgan fingerprint density at radius 1 is 1.45 bits per heavy atom. The molecule has 1 amide bonds. The summed E-state index contributed by atoms with van der Waals surface area (Å²) in [6.07, 6.45) is 3.31. The Labute approximate surface area is 139 Å². The maximum Gasteiger partial charge on any atom is 0.262 e. The molecule has 0 radical (unpaired) electrons. The number of nitriles is 1. The number of hydrogen-bond donors (Lipinski definition) is 1. The Balaban J connectivity index is 2.33. The van der Waals surface area contributed by atoms with Crippen molar-refractivity contribution in [3.8, 4) is 11.8 Å². The fourth-order valence-corrected chi connectivity index (χ4v) is 2.56. The van der Waals surface area contributed by atoms with Crippen molar-refractivity contribution in [3.63, 3.8) is 0 Å². The van der Waals surface area contributed by atoms with Gasteiger partial charge >= 0.3 is 0 Å². The first-order chi connectivity index (χ1) is 10.4. The quantitative estimate of drug-likeness (QED) is 0.675. The Morgan fingerprint density at radius 3 is 2.82 bits per heavy atom. The summed E-state index contributed by atoms with van der Waals surface area (Å²) in [6, 6.07) is 5.18. The Hall–Kier alpha value is -1.96. The summed E-state index contributed by atoms with van der Waals surface area (Å²) >= 11 is 12.0. The first-order valence-electron chi connectivity index (χ1n) is 6.65. The van der Waals surface area contributed by atoms with Crippen LogP contribution in [0.2, 0.25) is 10.0 Å². The number of nitrogens with one attached hydrogen (secondary N) is 1. The van der Waals surface area contributed by atoms with Crippen LogP contribution >= 0.6 is 23.2 Å². The lowest BCUT2D eigenvalue weighted by Crippen LogP contribution is -2.31.